The number of amides is 1. The second-order valence-corrected chi connectivity index (χ2v) is 7.88. The molecular formula is C21H25NO4S. The van der Waals surface area contributed by atoms with Crippen LogP contribution >= 0.6 is 11.3 Å². The fourth-order valence-electron chi connectivity index (χ4n) is 3.34. The van der Waals surface area contributed by atoms with Gasteiger partial charge in [-0.25, -0.2) is 4.79 Å². The van der Waals surface area contributed by atoms with Crippen LogP contribution in [0, 0.1) is 5.92 Å². The summed E-state index contributed by atoms with van der Waals surface area (Å²) in [5.41, 5.74) is 2.14. The van der Waals surface area contributed by atoms with Gasteiger partial charge in [0, 0.05) is 17.0 Å². The first-order valence-corrected chi connectivity index (χ1v) is 10.1. The number of nitrogens with one attached hydrogen (secondary N) is 1. The molecule has 0 aliphatic heterocycles. The lowest BCUT2D eigenvalue weighted by molar-refractivity contribution is -0.124. The summed E-state index contributed by atoms with van der Waals surface area (Å²) < 4.78 is 10.4. The van der Waals surface area contributed by atoms with E-state index in [-0.39, 0.29) is 12.5 Å². The van der Waals surface area contributed by atoms with Crippen LogP contribution in [0.25, 0.3) is 0 Å². The molecule has 0 fully saturated rings. The Morgan fingerprint density at radius 3 is 2.89 bits per heavy atom. The van der Waals surface area contributed by atoms with Gasteiger partial charge in [0.1, 0.15) is 10.6 Å². The van der Waals surface area contributed by atoms with Crippen molar-refractivity contribution in [2.75, 3.05) is 13.7 Å². The van der Waals surface area contributed by atoms with E-state index in [1.165, 1.54) is 34.6 Å². The Kier molecular flexibility index (Phi) is 6.50. The van der Waals surface area contributed by atoms with E-state index < -0.39 is 5.97 Å². The first-order chi connectivity index (χ1) is 13.1. The first-order valence-electron chi connectivity index (χ1n) is 9.28. The standard InChI is InChI=1S/C21H25NO4S/c1-3-14-8-9-18-16(10-14)11-19(27-18)21(24)26-13-20(23)22-12-15-6-4-5-7-17(15)25-2/h4-7,11,14H,3,8-10,12-13H2,1-2H3,(H,22,23). The molecule has 0 spiro atoms. The summed E-state index contributed by atoms with van der Waals surface area (Å²) in [7, 11) is 1.59. The number of aryl methyl sites for hydroxylation is 1. The van der Waals surface area contributed by atoms with Crippen LogP contribution in [0.15, 0.2) is 30.3 Å². The Hall–Kier alpha value is -2.34. The Labute approximate surface area is 163 Å². The van der Waals surface area contributed by atoms with Gasteiger partial charge >= 0.3 is 5.97 Å². The lowest BCUT2D eigenvalue weighted by Gasteiger charge is -2.19. The molecule has 1 atom stereocenters. The van der Waals surface area contributed by atoms with Gasteiger partial charge in [0.15, 0.2) is 6.61 Å². The summed E-state index contributed by atoms with van der Waals surface area (Å²) in [5.74, 6) is 0.664. The number of esters is 1. The maximum absolute atomic E-state index is 12.3. The topological polar surface area (TPSA) is 64.6 Å². The lowest BCUT2D eigenvalue weighted by Crippen LogP contribution is -2.28. The molecule has 1 heterocycles. The first kappa shape index (κ1) is 19.4. The summed E-state index contributed by atoms with van der Waals surface area (Å²) in [4.78, 5) is 26.2. The summed E-state index contributed by atoms with van der Waals surface area (Å²) >= 11 is 1.50. The molecule has 5 nitrogen and oxygen atoms in total. The second kappa shape index (κ2) is 9.04. The predicted molar refractivity (Wildman–Crippen MR) is 105 cm³/mol. The molecular weight excluding hydrogens is 362 g/mol. The van der Waals surface area contributed by atoms with Crippen LogP contribution in [0.5, 0.6) is 5.75 Å². The molecule has 1 aromatic heterocycles. The minimum atomic E-state index is -0.421. The number of carbonyl (C=O) groups is 2. The summed E-state index contributed by atoms with van der Waals surface area (Å²) in [6, 6.07) is 9.41. The highest BCUT2D eigenvalue weighted by Crippen LogP contribution is 2.33. The number of thiophene rings is 1. The SMILES string of the molecule is CCC1CCc2sc(C(=O)OCC(=O)NCc3ccccc3OC)cc2C1. The van der Waals surface area contributed by atoms with E-state index in [2.05, 4.69) is 12.2 Å². The van der Waals surface area contributed by atoms with Crippen LogP contribution in [0.2, 0.25) is 0 Å². The molecule has 6 heteroatoms. The van der Waals surface area contributed by atoms with Crippen molar-refractivity contribution in [3.05, 3.63) is 51.2 Å². The zero-order valence-corrected chi connectivity index (χ0v) is 16.6. The molecule has 1 N–H and O–H groups in total. The van der Waals surface area contributed by atoms with E-state index in [1.54, 1.807) is 7.11 Å². The molecule has 1 aromatic carbocycles. The van der Waals surface area contributed by atoms with Crippen molar-refractivity contribution >= 4 is 23.2 Å². The summed E-state index contributed by atoms with van der Waals surface area (Å²) in [6.45, 7) is 2.25. The van der Waals surface area contributed by atoms with Gasteiger partial charge in [-0.2, -0.15) is 0 Å². The van der Waals surface area contributed by atoms with Gasteiger partial charge in [-0.3, -0.25) is 4.79 Å². The molecule has 1 unspecified atom stereocenters. The van der Waals surface area contributed by atoms with E-state index in [9.17, 15) is 9.59 Å². The van der Waals surface area contributed by atoms with Crippen LogP contribution < -0.4 is 10.1 Å². The smallest absolute Gasteiger partial charge is 0.348 e. The van der Waals surface area contributed by atoms with Crippen molar-refractivity contribution in [3.8, 4) is 5.75 Å². The molecule has 27 heavy (non-hydrogen) atoms. The molecule has 1 amide bonds. The Morgan fingerprint density at radius 1 is 1.30 bits per heavy atom. The normalized spacial score (nSPS) is 15.7. The largest absolute Gasteiger partial charge is 0.496 e. The average Bonchev–Trinajstić information content (AvgIpc) is 3.13. The monoisotopic (exact) mass is 387 g/mol. The molecule has 0 saturated carbocycles. The minimum Gasteiger partial charge on any atom is -0.496 e. The number of ether oxygens (including phenoxy) is 2. The molecule has 0 radical (unpaired) electrons. The zero-order valence-electron chi connectivity index (χ0n) is 15.7. The fourth-order valence-corrected chi connectivity index (χ4v) is 4.45. The van der Waals surface area contributed by atoms with Gasteiger partial charge in [0.05, 0.1) is 7.11 Å². The maximum atomic E-state index is 12.3. The molecule has 144 valence electrons. The summed E-state index contributed by atoms with van der Waals surface area (Å²) in [5, 5.41) is 2.75. The van der Waals surface area contributed by atoms with Gasteiger partial charge in [-0.15, -0.1) is 11.3 Å². The molecule has 0 bridgehead atoms. The van der Waals surface area contributed by atoms with Crippen molar-refractivity contribution in [2.45, 2.75) is 39.2 Å². The highest BCUT2D eigenvalue weighted by atomic mass is 32.1. The van der Waals surface area contributed by atoms with E-state index in [1.807, 2.05) is 30.3 Å². The Bertz CT molecular complexity index is 814. The third kappa shape index (κ3) is 4.89. The van der Waals surface area contributed by atoms with Gasteiger partial charge in [0.2, 0.25) is 0 Å². The zero-order chi connectivity index (χ0) is 19.2. The number of fused-ring (bicyclic) bond motifs is 1. The maximum Gasteiger partial charge on any atom is 0.348 e. The summed E-state index contributed by atoms with van der Waals surface area (Å²) in [6.07, 6.45) is 4.42. The van der Waals surface area contributed by atoms with Crippen LogP contribution in [-0.2, 0) is 28.9 Å². The van der Waals surface area contributed by atoms with Crippen molar-refractivity contribution in [1.29, 1.82) is 0 Å². The minimum absolute atomic E-state index is 0.284. The van der Waals surface area contributed by atoms with Gasteiger partial charge in [-0.05, 0) is 42.9 Å². The number of carbonyl (C=O) groups excluding carboxylic acids is 2. The molecule has 2 aromatic rings. The van der Waals surface area contributed by atoms with E-state index in [0.29, 0.717) is 23.1 Å². The highest BCUT2D eigenvalue weighted by Gasteiger charge is 2.23. The van der Waals surface area contributed by atoms with E-state index in [4.69, 9.17) is 9.47 Å². The molecule has 3 rings (SSSR count). The molecule has 0 saturated heterocycles. The number of para-hydroxylation sites is 1. The third-order valence-electron chi connectivity index (χ3n) is 4.97. The van der Waals surface area contributed by atoms with Gasteiger partial charge in [-0.1, -0.05) is 31.5 Å². The van der Waals surface area contributed by atoms with Gasteiger partial charge < -0.3 is 14.8 Å². The van der Waals surface area contributed by atoms with Crippen molar-refractivity contribution in [3.63, 3.8) is 0 Å². The quantitative estimate of drug-likeness (QED) is 0.735. The van der Waals surface area contributed by atoms with Crippen LogP contribution in [0.4, 0.5) is 0 Å². The number of hydrogen-bond acceptors (Lipinski definition) is 5. The molecule has 1 aliphatic rings. The predicted octanol–water partition coefficient (Wildman–Crippen LogP) is 3.74. The fraction of sp³-hybridized carbons (Fsp3) is 0.429. The Morgan fingerprint density at radius 2 is 2.11 bits per heavy atom. The van der Waals surface area contributed by atoms with Crippen LogP contribution in [0.3, 0.4) is 0 Å². The van der Waals surface area contributed by atoms with Crippen molar-refractivity contribution in [1.82, 2.24) is 5.32 Å². The highest BCUT2D eigenvalue weighted by molar-refractivity contribution is 7.14. The number of methoxy groups -OCH3 is 1. The van der Waals surface area contributed by atoms with E-state index in [0.717, 1.165) is 18.4 Å². The number of benzene rings is 1. The second-order valence-electron chi connectivity index (χ2n) is 6.74. The average molecular weight is 388 g/mol. The van der Waals surface area contributed by atoms with Crippen molar-refractivity contribution in [2.24, 2.45) is 5.92 Å². The molecule has 1 aliphatic carbocycles. The van der Waals surface area contributed by atoms with Crippen molar-refractivity contribution < 1.29 is 19.1 Å². The van der Waals surface area contributed by atoms with Gasteiger partial charge in [0.25, 0.3) is 5.91 Å². The lowest BCUT2D eigenvalue weighted by atomic mass is 9.87. The number of hydrogen-bond donors (Lipinski definition) is 1. The Balaban J connectivity index is 1.49. The van der Waals surface area contributed by atoms with Crippen LogP contribution in [-0.4, -0.2) is 25.6 Å². The van der Waals surface area contributed by atoms with Crippen LogP contribution in [0.1, 0.15) is 45.4 Å². The van der Waals surface area contributed by atoms with E-state index >= 15 is 0 Å². The third-order valence-corrected chi connectivity index (χ3v) is 6.18. The number of rotatable bonds is 7.